The van der Waals surface area contributed by atoms with Crippen molar-refractivity contribution in [2.24, 2.45) is 0 Å². The van der Waals surface area contributed by atoms with E-state index in [1.54, 1.807) is 17.5 Å². The number of thiophene rings is 1. The fraction of sp³-hybridized carbons (Fsp3) is 0.0833. The average molecular weight is 242 g/mol. The van der Waals surface area contributed by atoms with Gasteiger partial charge in [0.15, 0.2) is 11.6 Å². The molecule has 0 aliphatic heterocycles. The van der Waals surface area contributed by atoms with Crippen LogP contribution in [0.15, 0.2) is 35.8 Å². The van der Waals surface area contributed by atoms with Gasteiger partial charge in [0.1, 0.15) is 5.69 Å². The molecule has 0 saturated heterocycles. The van der Waals surface area contributed by atoms with Crippen molar-refractivity contribution < 1.29 is 0 Å². The third-order valence-corrected chi connectivity index (χ3v) is 3.34. The van der Waals surface area contributed by atoms with Crippen molar-refractivity contribution in [3.8, 4) is 22.2 Å². The predicted molar refractivity (Wildman–Crippen MR) is 67.7 cm³/mol. The zero-order valence-corrected chi connectivity index (χ0v) is 10.0. The van der Waals surface area contributed by atoms with Gasteiger partial charge in [-0.3, -0.25) is 10.1 Å². The maximum atomic E-state index is 4.47. The highest BCUT2D eigenvalue weighted by Gasteiger charge is 2.10. The Kier molecular flexibility index (Phi) is 2.45. The molecule has 3 heterocycles. The van der Waals surface area contributed by atoms with Crippen LogP contribution in [0.4, 0.5) is 0 Å². The summed E-state index contributed by atoms with van der Waals surface area (Å²) in [6, 6.07) is 7.92. The van der Waals surface area contributed by atoms with Gasteiger partial charge in [-0.25, -0.2) is 4.98 Å². The normalized spacial score (nSPS) is 10.6. The molecule has 0 bridgehead atoms. The van der Waals surface area contributed by atoms with E-state index in [9.17, 15) is 0 Å². The van der Waals surface area contributed by atoms with Crippen LogP contribution in [0, 0.1) is 6.92 Å². The second kappa shape index (κ2) is 4.10. The molecular formula is C12H10N4S. The minimum absolute atomic E-state index is 0.645. The molecule has 0 saturated carbocycles. The average Bonchev–Trinajstić information content (AvgIpc) is 3.00. The van der Waals surface area contributed by atoms with E-state index in [4.69, 9.17) is 0 Å². The van der Waals surface area contributed by atoms with Gasteiger partial charge in [-0.2, -0.15) is 5.10 Å². The summed E-state index contributed by atoms with van der Waals surface area (Å²) < 4.78 is 0. The molecule has 3 rings (SSSR count). The zero-order chi connectivity index (χ0) is 11.7. The minimum atomic E-state index is 0.645. The van der Waals surface area contributed by atoms with Crippen LogP contribution in [0.3, 0.4) is 0 Å². The van der Waals surface area contributed by atoms with Crippen molar-refractivity contribution in [2.75, 3.05) is 0 Å². The summed E-state index contributed by atoms with van der Waals surface area (Å²) in [6.07, 6.45) is 1.75. The number of hydrogen-bond donors (Lipinski definition) is 1. The lowest BCUT2D eigenvalue weighted by Gasteiger charge is -1.97. The van der Waals surface area contributed by atoms with E-state index in [2.05, 4.69) is 20.2 Å². The summed E-state index contributed by atoms with van der Waals surface area (Å²) in [7, 11) is 0. The van der Waals surface area contributed by atoms with Crippen molar-refractivity contribution in [1.82, 2.24) is 20.2 Å². The first kappa shape index (κ1) is 10.2. The molecule has 0 atom stereocenters. The summed E-state index contributed by atoms with van der Waals surface area (Å²) in [5.41, 5.74) is 1.90. The van der Waals surface area contributed by atoms with Crippen molar-refractivity contribution in [3.05, 3.63) is 41.4 Å². The fourth-order valence-corrected chi connectivity index (χ4v) is 2.27. The van der Waals surface area contributed by atoms with Gasteiger partial charge in [0.2, 0.25) is 0 Å². The molecule has 0 aliphatic rings. The molecule has 3 aromatic rings. The van der Waals surface area contributed by atoms with Gasteiger partial charge < -0.3 is 0 Å². The molecule has 0 aliphatic carbocycles. The lowest BCUT2D eigenvalue weighted by molar-refractivity contribution is 1.09. The number of H-pyrrole nitrogens is 1. The number of pyridine rings is 1. The molecule has 84 valence electrons. The smallest absolute Gasteiger partial charge is 0.200 e. The van der Waals surface area contributed by atoms with Gasteiger partial charge >= 0.3 is 0 Å². The molecule has 0 fully saturated rings. The molecule has 0 unspecified atom stereocenters. The number of aromatic nitrogens is 4. The lowest BCUT2D eigenvalue weighted by atomic mass is 10.2. The largest absolute Gasteiger partial charge is 0.258 e. The van der Waals surface area contributed by atoms with Crippen LogP contribution in [-0.2, 0) is 0 Å². The van der Waals surface area contributed by atoms with Crippen LogP contribution >= 0.6 is 11.3 Å². The quantitative estimate of drug-likeness (QED) is 0.751. The molecule has 0 spiro atoms. The zero-order valence-electron chi connectivity index (χ0n) is 9.21. The lowest BCUT2D eigenvalue weighted by Crippen LogP contribution is -1.88. The van der Waals surface area contributed by atoms with Crippen LogP contribution in [0.2, 0.25) is 0 Å². The van der Waals surface area contributed by atoms with Gasteiger partial charge in [0.05, 0.1) is 4.88 Å². The van der Waals surface area contributed by atoms with Gasteiger partial charge in [0.25, 0.3) is 0 Å². The monoisotopic (exact) mass is 242 g/mol. The highest BCUT2D eigenvalue weighted by atomic mass is 32.1. The van der Waals surface area contributed by atoms with E-state index in [-0.39, 0.29) is 0 Å². The van der Waals surface area contributed by atoms with E-state index >= 15 is 0 Å². The van der Waals surface area contributed by atoms with Crippen LogP contribution < -0.4 is 0 Å². The summed E-state index contributed by atoms with van der Waals surface area (Å²) in [5, 5.41) is 9.17. The molecule has 4 nitrogen and oxygen atoms in total. The number of aromatic amines is 1. The molecule has 5 heteroatoms. The Morgan fingerprint density at radius 1 is 1.24 bits per heavy atom. The first-order chi connectivity index (χ1) is 8.34. The summed E-state index contributed by atoms with van der Waals surface area (Å²) >= 11 is 1.63. The van der Waals surface area contributed by atoms with Gasteiger partial charge in [0, 0.05) is 6.20 Å². The first-order valence-corrected chi connectivity index (χ1v) is 6.11. The van der Waals surface area contributed by atoms with Gasteiger partial charge in [-0.15, -0.1) is 11.3 Å². The van der Waals surface area contributed by atoms with Crippen LogP contribution in [-0.4, -0.2) is 20.2 Å². The maximum absolute atomic E-state index is 4.47. The maximum Gasteiger partial charge on any atom is 0.200 e. The highest BCUT2D eigenvalue weighted by molar-refractivity contribution is 7.13. The fourth-order valence-electron chi connectivity index (χ4n) is 1.61. The van der Waals surface area contributed by atoms with Crippen molar-refractivity contribution in [3.63, 3.8) is 0 Å². The van der Waals surface area contributed by atoms with Crippen LogP contribution in [0.1, 0.15) is 5.56 Å². The summed E-state index contributed by atoms with van der Waals surface area (Å²) in [4.78, 5) is 9.85. The van der Waals surface area contributed by atoms with Gasteiger partial charge in [-0.1, -0.05) is 12.1 Å². The van der Waals surface area contributed by atoms with Crippen molar-refractivity contribution >= 4 is 11.3 Å². The number of nitrogens with one attached hydrogen (secondary N) is 1. The summed E-state index contributed by atoms with van der Waals surface area (Å²) in [5.74, 6) is 1.44. The number of rotatable bonds is 2. The molecule has 0 aromatic carbocycles. The van der Waals surface area contributed by atoms with E-state index in [1.807, 2.05) is 36.6 Å². The van der Waals surface area contributed by atoms with E-state index < -0.39 is 0 Å². The van der Waals surface area contributed by atoms with Crippen LogP contribution in [0.5, 0.6) is 0 Å². The Morgan fingerprint density at radius 2 is 2.18 bits per heavy atom. The minimum Gasteiger partial charge on any atom is -0.258 e. The van der Waals surface area contributed by atoms with E-state index in [1.165, 1.54) is 0 Å². The standard InChI is InChI=1S/C12H10N4S/c1-8-4-2-6-13-10(8)12-14-11(15-16-12)9-5-3-7-17-9/h2-7H,1H3,(H,14,15,16). The number of hydrogen-bond acceptors (Lipinski definition) is 4. The van der Waals surface area contributed by atoms with Gasteiger partial charge in [-0.05, 0) is 30.0 Å². The third-order valence-electron chi connectivity index (χ3n) is 2.46. The third kappa shape index (κ3) is 1.85. The Bertz CT molecular complexity index is 628. The predicted octanol–water partition coefficient (Wildman–Crippen LogP) is 2.90. The molecule has 17 heavy (non-hydrogen) atoms. The van der Waals surface area contributed by atoms with Crippen LogP contribution in [0.25, 0.3) is 22.2 Å². The molecule has 3 aromatic heterocycles. The molecular weight excluding hydrogens is 232 g/mol. The van der Waals surface area contributed by atoms with Crippen molar-refractivity contribution in [2.45, 2.75) is 6.92 Å². The Hall–Kier alpha value is -2.01. The van der Waals surface area contributed by atoms with E-state index in [0.717, 1.165) is 22.0 Å². The second-order valence-corrected chi connectivity index (χ2v) is 4.60. The number of nitrogens with zero attached hydrogens (tertiary/aromatic N) is 3. The SMILES string of the molecule is Cc1cccnc1-c1n[nH]c(-c2cccs2)n1. The first-order valence-electron chi connectivity index (χ1n) is 5.23. The van der Waals surface area contributed by atoms with E-state index in [0.29, 0.717) is 5.82 Å². The Labute approximate surface area is 102 Å². The molecule has 1 N–H and O–H groups in total. The highest BCUT2D eigenvalue weighted by Crippen LogP contribution is 2.23. The Balaban J connectivity index is 2.04. The molecule has 0 radical (unpaired) electrons. The Morgan fingerprint density at radius 3 is 2.94 bits per heavy atom. The van der Waals surface area contributed by atoms with Crippen molar-refractivity contribution in [1.29, 1.82) is 0 Å². The topological polar surface area (TPSA) is 54.5 Å². The summed E-state index contributed by atoms with van der Waals surface area (Å²) in [6.45, 7) is 2.00. The number of aryl methyl sites for hydroxylation is 1. The molecule has 0 amide bonds. The second-order valence-electron chi connectivity index (χ2n) is 3.65.